The lowest BCUT2D eigenvalue weighted by molar-refractivity contribution is -0.110. The van der Waals surface area contributed by atoms with Crippen LogP contribution >= 0.6 is 0 Å². The molecule has 5 N–H and O–H groups in total. The average molecular weight is 526 g/mol. The van der Waals surface area contributed by atoms with Crippen LogP contribution in [0, 0.1) is 12.7 Å². The van der Waals surface area contributed by atoms with E-state index in [2.05, 4.69) is 26.6 Å². The molecule has 2 aliphatic rings. The summed E-state index contributed by atoms with van der Waals surface area (Å²) in [4.78, 5) is 35.4. The number of hydrazone groups is 2. The predicted molar refractivity (Wildman–Crippen MR) is 132 cm³/mol. The molecule has 4 rings (SSSR count). The number of nitrogens with zero attached hydrogens (tertiary/aromatic N) is 3. The molecule has 198 valence electrons. The van der Waals surface area contributed by atoms with E-state index in [0.717, 1.165) is 12.1 Å². The van der Waals surface area contributed by atoms with Gasteiger partial charge in [0.1, 0.15) is 5.75 Å². The normalized spacial score (nSPS) is 13.7. The number of fused-ring (bicyclic) bond motifs is 1. The summed E-state index contributed by atoms with van der Waals surface area (Å²) in [5.41, 5.74) is 5.16. The quantitative estimate of drug-likeness (QED) is 0.273. The Morgan fingerprint density at radius 2 is 1.76 bits per heavy atom. The van der Waals surface area contributed by atoms with E-state index in [1.54, 1.807) is 19.1 Å². The van der Waals surface area contributed by atoms with Crippen LogP contribution in [-0.4, -0.2) is 57.9 Å². The third-order valence-corrected chi connectivity index (χ3v) is 5.42. The molecular weight excluding hydrogens is 503 g/mol. The largest absolute Gasteiger partial charge is 0.494 e. The van der Waals surface area contributed by atoms with E-state index < -0.39 is 29.2 Å². The minimum Gasteiger partial charge on any atom is -0.494 e. The Morgan fingerprint density at radius 1 is 1.03 bits per heavy atom. The summed E-state index contributed by atoms with van der Waals surface area (Å²) >= 11 is 0. The number of carboxylic acids is 2. The zero-order valence-corrected chi connectivity index (χ0v) is 20.0. The Bertz CT molecular complexity index is 1370. The summed E-state index contributed by atoms with van der Waals surface area (Å²) in [6.07, 6.45) is 3.94. The first-order valence-corrected chi connectivity index (χ1v) is 11.4. The molecule has 0 bridgehead atoms. The summed E-state index contributed by atoms with van der Waals surface area (Å²) in [6, 6.07) is 6.56. The average Bonchev–Trinajstić information content (AvgIpc) is 3.35. The Labute approximate surface area is 215 Å². The molecule has 0 fully saturated rings. The second-order valence-electron chi connectivity index (χ2n) is 8.10. The fourth-order valence-corrected chi connectivity index (χ4v) is 3.51. The molecule has 2 aromatic carbocycles. The maximum atomic E-state index is 14.5. The van der Waals surface area contributed by atoms with Gasteiger partial charge in [0.15, 0.2) is 23.1 Å². The highest BCUT2D eigenvalue weighted by molar-refractivity contribution is 6.48. The van der Waals surface area contributed by atoms with Gasteiger partial charge >= 0.3 is 11.9 Å². The van der Waals surface area contributed by atoms with Gasteiger partial charge in [-0.1, -0.05) is 0 Å². The third kappa shape index (κ3) is 6.04. The molecule has 1 amide bonds. The van der Waals surface area contributed by atoms with Crippen LogP contribution in [0.5, 0.6) is 11.5 Å². The van der Waals surface area contributed by atoms with Crippen LogP contribution in [0.25, 0.3) is 0 Å². The van der Waals surface area contributed by atoms with E-state index in [4.69, 9.17) is 14.6 Å². The van der Waals surface area contributed by atoms with Gasteiger partial charge in [0.2, 0.25) is 0 Å². The summed E-state index contributed by atoms with van der Waals surface area (Å²) in [6.45, 7) is 2.10. The molecule has 0 aliphatic carbocycles. The van der Waals surface area contributed by atoms with Crippen molar-refractivity contribution in [1.29, 1.82) is 0 Å². The number of carbonyl (C=O) groups is 3. The molecule has 13 nitrogen and oxygen atoms in total. The molecule has 2 heterocycles. The molecule has 0 aromatic heterocycles. The Kier molecular flexibility index (Phi) is 7.82. The van der Waals surface area contributed by atoms with E-state index >= 15 is 0 Å². The van der Waals surface area contributed by atoms with Gasteiger partial charge in [0.05, 0.1) is 30.0 Å². The second kappa shape index (κ2) is 11.4. The molecule has 2 aromatic rings. The van der Waals surface area contributed by atoms with Gasteiger partial charge in [0, 0.05) is 6.07 Å². The maximum Gasteiger partial charge on any atom is 0.337 e. The van der Waals surface area contributed by atoms with Crippen molar-refractivity contribution in [1.82, 2.24) is 16.2 Å². The van der Waals surface area contributed by atoms with Gasteiger partial charge in [-0.3, -0.25) is 4.79 Å². The summed E-state index contributed by atoms with van der Waals surface area (Å²) in [7, 11) is 0. The number of benzene rings is 2. The molecule has 38 heavy (non-hydrogen) atoms. The number of aryl methyl sites for hydroxylation is 1. The van der Waals surface area contributed by atoms with Crippen LogP contribution < -0.4 is 25.9 Å². The number of nitrogens with one attached hydrogen (secondary N) is 3. The first-order chi connectivity index (χ1) is 18.2. The lowest BCUT2D eigenvalue weighted by Crippen LogP contribution is -2.40. The third-order valence-electron chi connectivity index (χ3n) is 5.42. The SMILES string of the molecule is Cc1cc(OCCCCOc2cc(NC(=O)C3=NN4NNN=C4C=C3)c(C(=O)O)cc2F)ccc1C(=O)O. The number of amidine groups is 1. The Hall–Kier alpha value is -4.98. The van der Waals surface area contributed by atoms with Crippen LogP contribution in [0.4, 0.5) is 10.1 Å². The first-order valence-electron chi connectivity index (χ1n) is 11.4. The van der Waals surface area contributed by atoms with Crippen molar-refractivity contribution in [2.75, 3.05) is 18.5 Å². The monoisotopic (exact) mass is 526 g/mol. The standard InChI is InChI=1S/C24H23FN6O7/c1-13-10-14(4-5-15(13)23(33)34)37-8-2-3-9-38-20-12-19(16(24(35)36)11-17(20)25)26-22(32)18-6-7-21-27-29-30-31(21)28-18/h4-7,10-12,29-30H,2-3,8-9H2,1H3,(H,26,32)(H,33,34)(H,35,36). The number of carbonyl (C=O) groups excluding carboxylic acids is 1. The fourth-order valence-electron chi connectivity index (χ4n) is 3.51. The number of anilines is 1. The highest BCUT2D eigenvalue weighted by Gasteiger charge is 2.24. The fraction of sp³-hybridized carbons (Fsp3) is 0.208. The number of halogens is 1. The van der Waals surface area contributed by atoms with Gasteiger partial charge in [-0.2, -0.15) is 5.12 Å². The minimum atomic E-state index is -1.43. The number of ether oxygens (including phenoxy) is 2. The van der Waals surface area contributed by atoms with Crippen molar-refractivity contribution in [3.05, 3.63) is 65.0 Å². The number of aromatic carboxylic acids is 2. The predicted octanol–water partition coefficient (Wildman–Crippen LogP) is 2.27. The first kappa shape index (κ1) is 26.1. The number of hydrogen-bond acceptors (Lipinski definition) is 10. The van der Waals surface area contributed by atoms with Gasteiger partial charge in [0.25, 0.3) is 5.91 Å². The van der Waals surface area contributed by atoms with Crippen molar-refractivity contribution in [2.24, 2.45) is 10.2 Å². The summed E-state index contributed by atoms with van der Waals surface area (Å²) in [5.74, 6) is -3.35. The molecule has 0 unspecified atom stereocenters. The van der Waals surface area contributed by atoms with Crippen molar-refractivity contribution < 1.29 is 38.5 Å². The number of amides is 1. The highest BCUT2D eigenvalue weighted by Crippen LogP contribution is 2.27. The zero-order valence-electron chi connectivity index (χ0n) is 20.0. The van der Waals surface area contributed by atoms with Crippen LogP contribution in [0.2, 0.25) is 0 Å². The van der Waals surface area contributed by atoms with Crippen LogP contribution in [0.3, 0.4) is 0 Å². The summed E-state index contributed by atoms with van der Waals surface area (Å²) in [5, 5.41) is 30.1. The summed E-state index contributed by atoms with van der Waals surface area (Å²) < 4.78 is 25.6. The number of rotatable bonds is 11. The van der Waals surface area contributed by atoms with E-state index in [-0.39, 0.29) is 29.3 Å². The molecule has 2 aliphatic heterocycles. The van der Waals surface area contributed by atoms with Crippen LogP contribution in [-0.2, 0) is 4.79 Å². The van der Waals surface area contributed by atoms with Crippen molar-refractivity contribution in [3.63, 3.8) is 0 Å². The zero-order chi connectivity index (χ0) is 27.2. The topological polar surface area (TPSA) is 174 Å². The van der Waals surface area contributed by atoms with Crippen molar-refractivity contribution >= 4 is 35.1 Å². The van der Waals surface area contributed by atoms with E-state index in [0.29, 0.717) is 36.6 Å². The lowest BCUT2D eigenvalue weighted by Gasteiger charge is -2.16. The number of hydrogen-bond donors (Lipinski definition) is 5. The Balaban J connectivity index is 1.32. The van der Waals surface area contributed by atoms with Gasteiger partial charge < -0.3 is 25.0 Å². The maximum absolute atomic E-state index is 14.5. The minimum absolute atomic E-state index is 0.0453. The number of unbranched alkanes of at least 4 members (excludes halogenated alkanes) is 1. The van der Waals surface area contributed by atoms with Gasteiger partial charge in [-0.25, -0.2) is 19.5 Å². The highest BCUT2D eigenvalue weighted by atomic mass is 19.1. The van der Waals surface area contributed by atoms with Crippen LogP contribution in [0.1, 0.15) is 39.1 Å². The Morgan fingerprint density at radius 3 is 2.47 bits per heavy atom. The molecule has 0 atom stereocenters. The van der Waals surface area contributed by atoms with E-state index in [9.17, 15) is 23.9 Å². The smallest absolute Gasteiger partial charge is 0.337 e. The van der Waals surface area contributed by atoms with Crippen molar-refractivity contribution in [3.8, 4) is 11.5 Å². The lowest BCUT2D eigenvalue weighted by atomic mass is 10.1. The number of carboxylic acid groups (broad SMARTS) is 2. The van der Waals surface area contributed by atoms with E-state index in [1.807, 2.05) is 0 Å². The molecule has 14 heteroatoms. The molecule has 0 radical (unpaired) electrons. The van der Waals surface area contributed by atoms with Gasteiger partial charge in [-0.05, 0) is 61.7 Å². The number of hydrazine groups is 2. The molecular formula is C24H23FN6O7. The van der Waals surface area contributed by atoms with E-state index in [1.165, 1.54) is 23.3 Å². The van der Waals surface area contributed by atoms with Crippen molar-refractivity contribution in [2.45, 2.75) is 19.8 Å². The van der Waals surface area contributed by atoms with Crippen LogP contribution in [0.15, 0.2) is 52.7 Å². The molecule has 0 saturated heterocycles. The van der Waals surface area contributed by atoms with Gasteiger partial charge in [-0.15, -0.1) is 15.7 Å². The molecule has 0 saturated carbocycles. The molecule has 0 spiro atoms. The second-order valence-corrected chi connectivity index (χ2v) is 8.10.